The van der Waals surface area contributed by atoms with Crippen molar-refractivity contribution in [2.24, 2.45) is 47.3 Å². The van der Waals surface area contributed by atoms with Crippen LogP contribution in [0.5, 0.6) is 0 Å². The summed E-state index contributed by atoms with van der Waals surface area (Å²) in [6.45, 7) is 9.50. The molecule has 4 rings (SSSR count). The van der Waals surface area contributed by atoms with Gasteiger partial charge in [0.15, 0.2) is 0 Å². The van der Waals surface area contributed by atoms with Crippen LogP contribution in [0.15, 0.2) is 11.6 Å². The standard InChI is InChI=1S/C23H36O5Si/c1-5-27-29(4,28-6-2)9-7-8-18(24)21-17-12-16(22(21)23(25)26)19-14-10-13(3)15(11-14)20(17)19/h10,14-17,19-22H,5-9,11-12H2,1-4H3,(H,25,26). The third-order valence-corrected chi connectivity index (χ3v) is 11.5. The largest absolute Gasteiger partial charge is 0.481 e. The molecule has 8 atom stereocenters. The van der Waals surface area contributed by atoms with Gasteiger partial charge in [0.25, 0.3) is 0 Å². The van der Waals surface area contributed by atoms with Crippen LogP contribution in [-0.4, -0.2) is 38.6 Å². The molecule has 0 aromatic rings. The van der Waals surface area contributed by atoms with Crippen LogP contribution in [0.1, 0.15) is 46.5 Å². The molecule has 0 spiro atoms. The number of allylic oxidation sites excluding steroid dienone is 2. The second-order valence-corrected chi connectivity index (χ2v) is 13.2. The Morgan fingerprint density at radius 2 is 1.76 bits per heavy atom. The summed E-state index contributed by atoms with van der Waals surface area (Å²) in [6, 6.07) is 0.789. The molecule has 5 nitrogen and oxygen atoms in total. The minimum atomic E-state index is -2.23. The highest BCUT2D eigenvalue weighted by atomic mass is 28.4. The van der Waals surface area contributed by atoms with Crippen LogP contribution in [0.4, 0.5) is 0 Å². The Kier molecular flexibility index (Phi) is 5.81. The van der Waals surface area contributed by atoms with E-state index in [1.54, 1.807) is 0 Å². The molecule has 162 valence electrons. The molecule has 0 aromatic carbocycles. The maximum Gasteiger partial charge on any atom is 0.334 e. The van der Waals surface area contributed by atoms with Gasteiger partial charge in [0.05, 0.1) is 5.92 Å². The highest BCUT2D eigenvalue weighted by molar-refractivity contribution is 6.66. The quantitative estimate of drug-likeness (QED) is 0.324. The maximum absolute atomic E-state index is 13.3. The number of fused-ring (bicyclic) bond motifs is 9. The van der Waals surface area contributed by atoms with Crippen LogP contribution < -0.4 is 0 Å². The smallest absolute Gasteiger partial charge is 0.334 e. The van der Waals surface area contributed by atoms with Crippen LogP contribution in [-0.2, 0) is 18.4 Å². The first-order valence-corrected chi connectivity index (χ1v) is 14.1. The molecule has 4 aliphatic carbocycles. The van der Waals surface area contributed by atoms with E-state index in [0.717, 1.165) is 18.9 Å². The molecular formula is C23H36O5Si. The Hall–Kier alpha value is -0.983. The number of carboxylic acid groups (broad SMARTS) is 1. The lowest BCUT2D eigenvalue weighted by Crippen LogP contribution is -2.44. The van der Waals surface area contributed by atoms with Crippen LogP contribution in [0.3, 0.4) is 0 Å². The zero-order valence-corrected chi connectivity index (χ0v) is 19.2. The number of hydrogen-bond donors (Lipinski definition) is 1. The average molecular weight is 421 g/mol. The number of carbonyl (C=O) groups excluding carboxylic acids is 1. The Labute approximate surface area is 175 Å². The van der Waals surface area contributed by atoms with Crippen molar-refractivity contribution >= 4 is 20.3 Å². The minimum absolute atomic E-state index is 0.178. The summed E-state index contributed by atoms with van der Waals surface area (Å²) in [7, 11) is -2.23. The van der Waals surface area contributed by atoms with Gasteiger partial charge in [-0.25, -0.2) is 0 Å². The summed E-state index contributed by atoms with van der Waals surface area (Å²) >= 11 is 0. The number of aliphatic carboxylic acids is 1. The summed E-state index contributed by atoms with van der Waals surface area (Å²) in [5, 5.41) is 9.99. The van der Waals surface area contributed by atoms with E-state index < -0.39 is 20.4 Å². The fourth-order valence-electron chi connectivity index (χ4n) is 7.73. The summed E-state index contributed by atoms with van der Waals surface area (Å²) < 4.78 is 11.8. The van der Waals surface area contributed by atoms with Crippen molar-refractivity contribution in [3.63, 3.8) is 0 Å². The lowest BCUT2D eigenvalue weighted by atomic mass is 9.62. The summed E-state index contributed by atoms with van der Waals surface area (Å²) in [4.78, 5) is 25.5. The highest BCUT2D eigenvalue weighted by Gasteiger charge is 2.68. The van der Waals surface area contributed by atoms with E-state index in [1.807, 2.05) is 13.8 Å². The van der Waals surface area contributed by atoms with Gasteiger partial charge < -0.3 is 14.0 Å². The van der Waals surface area contributed by atoms with Gasteiger partial charge in [-0.1, -0.05) is 11.6 Å². The van der Waals surface area contributed by atoms with E-state index in [2.05, 4.69) is 19.5 Å². The number of rotatable bonds is 10. The second-order valence-electron chi connectivity index (χ2n) is 9.84. The minimum Gasteiger partial charge on any atom is -0.481 e. The van der Waals surface area contributed by atoms with Gasteiger partial charge in [0.1, 0.15) is 5.78 Å². The van der Waals surface area contributed by atoms with Gasteiger partial charge in [-0.15, -0.1) is 0 Å². The number of Topliss-reactive ketones (excluding diaryl/α,β-unsaturated/α-hetero) is 1. The van der Waals surface area contributed by atoms with Crippen LogP contribution in [0, 0.1) is 47.3 Å². The summed E-state index contributed by atoms with van der Waals surface area (Å²) in [6.07, 6.45) is 5.73. The Morgan fingerprint density at radius 3 is 2.38 bits per heavy atom. The average Bonchev–Trinajstić information content (AvgIpc) is 3.38. The van der Waals surface area contributed by atoms with E-state index in [9.17, 15) is 14.7 Å². The van der Waals surface area contributed by atoms with E-state index in [4.69, 9.17) is 8.85 Å². The van der Waals surface area contributed by atoms with Crippen molar-refractivity contribution < 1.29 is 23.5 Å². The molecule has 6 heteroatoms. The van der Waals surface area contributed by atoms with Crippen molar-refractivity contribution in [3.8, 4) is 0 Å². The molecule has 0 aromatic heterocycles. The first-order valence-electron chi connectivity index (χ1n) is 11.5. The van der Waals surface area contributed by atoms with Gasteiger partial charge >= 0.3 is 14.5 Å². The van der Waals surface area contributed by atoms with Gasteiger partial charge in [0.2, 0.25) is 0 Å². The van der Waals surface area contributed by atoms with Gasteiger partial charge in [-0.3, -0.25) is 9.59 Å². The van der Waals surface area contributed by atoms with Crippen molar-refractivity contribution in [3.05, 3.63) is 11.6 Å². The lowest BCUT2D eigenvalue weighted by molar-refractivity contribution is -0.151. The normalized spacial score (nSPS) is 39.7. The van der Waals surface area contributed by atoms with Gasteiger partial charge in [-0.2, -0.15) is 0 Å². The third-order valence-electron chi connectivity index (χ3n) is 8.44. The molecular weight excluding hydrogens is 384 g/mol. The summed E-state index contributed by atoms with van der Waals surface area (Å²) in [5.41, 5.74) is 1.48. The summed E-state index contributed by atoms with van der Waals surface area (Å²) in [5.74, 6) is 1.36. The monoisotopic (exact) mass is 420 g/mol. The van der Waals surface area contributed by atoms with E-state index >= 15 is 0 Å². The molecule has 0 heterocycles. The van der Waals surface area contributed by atoms with Crippen molar-refractivity contribution in [2.45, 2.75) is 59.0 Å². The van der Waals surface area contributed by atoms with E-state index in [-0.39, 0.29) is 23.5 Å². The van der Waals surface area contributed by atoms with Crippen molar-refractivity contribution in [1.29, 1.82) is 0 Å². The topological polar surface area (TPSA) is 72.8 Å². The SMILES string of the molecule is CCO[Si](C)(CCCC(=O)C1C2CC(C1C(=O)O)C1C3C=C(C)C(C3)C21)OCC. The first-order chi connectivity index (χ1) is 13.8. The molecule has 0 aliphatic heterocycles. The predicted octanol–water partition coefficient (Wildman–Crippen LogP) is 4.28. The number of ketones is 1. The molecule has 1 N–H and O–H groups in total. The maximum atomic E-state index is 13.3. The number of carbonyl (C=O) groups is 2. The van der Waals surface area contributed by atoms with E-state index in [0.29, 0.717) is 43.3 Å². The fraction of sp³-hybridized carbons (Fsp3) is 0.826. The Morgan fingerprint density at radius 1 is 1.10 bits per heavy atom. The lowest BCUT2D eigenvalue weighted by Gasteiger charge is -2.40. The van der Waals surface area contributed by atoms with Crippen molar-refractivity contribution in [1.82, 2.24) is 0 Å². The predicted molar refractivity (Wildman–Crippen MR) is 112 cm³/mol. The van der Waals surface area contributed by atoms with Gasteiger partial charge in [0, 0.05) is 25.6 Å². The Balaban J connectivity index is 1.44. The van der Waals surface area contributed by atoms with Crippen LogP contribution >= 0.6 is 0 Å². The Bertz CT molecular complexity index is 697. The first kappa shape index (κ1) is 21.3. The fourth-order valence-corrected chi connectivity index (χ4v) is 10.1. The van der Waals surface area contributed by atoms with Crippen LogP contribution in [0.2, 0.25) is 12.6 Å². The van der Waals surface area contributed by atoms with Crippen LogP contribution in [0.25, 0.3) is 0 Å². The molecule has 3 fully saturated rings. The number of hydrogen-bond acceptors (Lipinski definition) is 4. The molecule has 0 radical (unpaired) electrons. The molecule has 3 saturated carbocycles. The molecule has 0 amide bonds. The van der Waals surface area contributed by atoms with Crippen molar-refractivity contribution in [2.75, 3.05) is 13.2 Å². The number of carboxylic acids is 1. The third kappa shape index (κ3) is 3.45. The zero-order valence-electron chi connectivity index (χ0n) is 18.2. The second kappa shape index (κ2) is 7.93. The van der Waals surface area contributed by atoms with E-state index in [1.165, 1.54) is 12.0 Å². The van der Waals surface area contributed by atoms with Gasteiger partial charge in [-0.05, 0) is 88.1 Å². The molecule has 29 heavy (non-hydrogen) atoms. The molecule has 0 saturated heterocycles. The molecule has 8 unspecified atom stereocenters. The highest BCUT2D eigenvalue weighted by Crippen LogP contribution is 2.70. The molecule has 4 aliphatic rings. The molecule has 4 bridgehead atoms. The zero-order chi connectivity index (χ0) is 20.9.